The van der Waals surface area contributed by atoms with E-state index in [-0.39, 0.29) is 22.8 Å². The van der Waals surface area contributed by atoms with Crippen LogP contribution in [0.1, 0.15) is 60.9 Å². The average molecular weight is 547 g/mol. The van der Waals surface area contributed by atoms with Crippen LogP contribution in [-0.4, -0.2) is 34.5 Å². The number of esters is 1. The Morgan fingerprint density at radius 1 is 0.750 bits per heavy atom. The van der Waals surface area contributed by atoms with Crippen LogP contribution in [0.25, 0.3) is 11.1 Å². The summed E-state index contributed by atoms with van der Waals surface area (Å²) in [6.07, 6.45) is 6.13. The number of phenols is 2. The summed E-state index contributed by atoms with van der Waals surface area (Å²) in [7, 11) is 0. The van der Waals surface area contributed by atoms with Crippen molar-refractivity contribution in [3.05, 3.63) is 96.4 Å². The van der Waals surface area contributed by atoms with Gasteiger partial charge in [-0.15, -0.1) is 0 Å². The number of hydrogen-bond donors (Lipinski definition) is 3. The van der Waals surface area contributed by atoms with Gasteiger partial charge in [-0.3, -0.25) is 0 Å². The molecule has 40 heavy (non-hydrogen) atoms. The lowest BCUT2D eigenvalue weighted by atomic mass is 10.1. The van der Waals surface area contributed by atoms with Crippen LogP contribution >= 0.6 is 0 Å². The number of carbonyl (C=O) groups excluding carboxylic acids is 1. The summed E-state index contributed by atoms with van der Waals surface area (Å²) < 4.78 is 21.6. The molecule has 0 saturated carbocycles. The molecule has 4 rings (SSSR count). The summed E-state index contributed by atoms with van der Waals surface area (Å²) in [4.78, 5) is 12.0. The third-order valence-corrected chi connectivity index (χ3v) is 6.34. The molecule has 3 aromatic carbocycles. The second kappa shape index (κ2) is 14.8. The molecular weight excluding hydrogens is 512 g/mol. The SMILES string of the molecule is O=C(Oc1ccc(-c2ccc(OCCCCCCCCOC(O)c3cc(O)ccc3O)cc2)cc1)c1ccco1. The molecule has 8 nitrogen and oxygen atoms in total. The van der Waals surface area contributed by atoms with Crippen LogP contribution in [-0.2, 0) is 4.74 Å². The zero-order valence-corrected chi connectivity index (χ0v) is 22.2. The smallest absolute Gasteiger partial charge is 0.379 e. The second-order valence-corrected chi connectivity index (χ2v) is 9.35. The molecule has 4 aromatic rings. The van der Waals surface area contributed by atoms with Crippen molar-refractivity contribution >= 4 is 5.97 Å². The average Bonchev–Trinajstić information content (AvgIpc) is 3.51. The van der Waals surface area contributed by atoms with Crippen molar-refractivity contribution in [1.29, 1.82) is 0 Å². The van der Waals surface area contributed by atoms with E-state index in [0.29, 0.717) is 19.0 Å². The Labute approximate surface area is 233 Å². The van der Waals surface area contributed by atoms with Crippen LogP contribution < -0.4 is 9.47 Å². The van der Waals surface area contributed by atoms with Crippen LogP contribution in [0.3, 0.4) is 0 Å². The zero-order chi connectivity index (χ0) is 28.2. The Balaban J connectivity index is 1.06. The van der Waals surface area contributed by atoms with Crippen molar-refractivity contribution < 1.29 is 38.7 Å². The number of furan rings is 1. The molecule has 1 atom stereocenters. The third-order valence-electron chi connectivity index (χ3n) is 6.34. The van der Waals surface area contributed by atoms with Gasteiger partial charge in [-0.05, 0) is 78.6 Å². The molecule has 1 aromatic heterocycles. The van der Waals surface area contributed by atoms with Crippen LogP contribution in [0, 0.1) is 0 Å². The molecule has 0 saturated heterocycles. The zero-order valence-electron chi connectivity index (χ0n) is 22.2. The number of unbranched alkanes of at least 4 members (excludes halogenated alkanes) is 5. The number of aliphatic hydroxyl groups excluding tert-OH is 1. The Kier molecular flexibility index (Phi) is 10.6. The van der Waals surface area contributed by atoms with E-state index in [0.717, 1.165) is 55.4 Å². The number of phenolic OH excluding ortho intramolecular Hbond substituents is 2. The number of rotatable bonds is 15. The predicted molar refractivity (Wildman–Crippen MR) is 149 cm³/mol. The summed E-state index contributed by atoms with van der Waals surface area (Å²) in [5.41, 5.74) is 2.20. The molecule has 0 aliphatic rings. The van der Waals surface area contributed by atoms with E-state index >= 15 is 0 Å². The Bertz CT molecular complexity index is 1310. The van der Waals surface area contributed by atoms with Gasteiger partial charge in [0.2, 0.25) is 5.76 Å². The minimum atomic E-state index is -1.26. The normalized spacial score (nSPS) is 11.7. The third kappa shape index (κ3) is 8.62. The van der Waals surface area contributed by atoms with E-state index in [9.17, 15) is 20.1 Å². The van der Waals surface area contributed by atoms with Crippen LogP contribution in [0.15, 0.2) is 89.5 Å². The predicted octanol–water partition coefficient (Wildman–Crippen LogP) is 7.00. The van der Waals surface area contributed by atoms with Gasteiger partial charge in [0.15, 0.2) is 6.29 Å². The molecule has 0 amide bonds. The van der Waals surface area contributed by atoms with E-state index < -0.39 is 12.3 Å². The fraction of sp³-hybridized carbons (Fsp3) is 0.281. The van der Waals surface area contributed by atoms with E-state index in [2.05, 4.69) is 0 Å². The first kappa shape index (κ1) is 28.7. The summed E-state index contributed by atoms with van der Waals surface area (Å²) in [5, 5.41) is 29.3. The number of ether oxygens (including phenoxy) is 3. The van der Waals surface area contributed by atoms with Gasteiger partial charge in [-0.2, -0.15) is 0 Å². The van der Waals surface area contributed by atoms with E-state index in [4.69, 9.17) is 18.6 Å². The molecule has 3 N–H and O–H groups in total. The van der Waals surface area contributed by atoms with Gasteiger partial charge in [0.25, 0.3) is 0 Å². The molecule has 0 radical (unpaired) electrons. The van der Waals surface area contributed by atoms with Crippen molar-refractivity contribution in [2.45, 2.75) is 44.8 Å². The molecular formula is C32H34O8. The molecule has 1 heterocycles. The van der Waals surface area contributed by atoms with Crippen LogP contribution in [0.5, 0.6) is 23.0 Å². The largest absolute Gasteiger partial charge is 0.508 e. The number of aliphatic hydroxyl groups is 1. The molecule has 0 aliphatic carbocycles. The topological polar surface area (TPSA) is 119 Å². The minimum Gasteiger partial charge on any atom is -0.508 e. The highest BCUT2D eigenvalue weighted by atomic mass is 16.6. The van der Waals surface area contributed by atoms with Crippen molar-refractivity contribution in [3.8, 4) is 34.1 Å². The quantitative estimate of drug-likeness (QED) is 0.0479. The molecule has 8 heteroatoms. The lowest BCUT2D eigenvalue weighted by molar-refractivity contribution is -0.105. The van der Waals surface area contributed by atoms with Gasteiger partial charge in [0.1, 0.15) is 23.0 Å². The lowest BCUT2D eigenvalue weighted by Gasteiger charge is -2.14. The van der Waals surface area contributed by atoms with E-state index in [1.807, 2.05) is 36.4 Å². The second-order valence-electron chi connectivity index (χ2n) is 9.35. The first-order chi connectivity index (χ1) is 19.5. The first-order valence-electron chi connectivity index (χ1n) is 13.4. The van der Waals surface area contributed by atoms with Gasteiger partial charge in [-0.1, -0.05) is 49.9 Å². The Hall–Kier alpha value is -4.27. The summed E-state index contributed by atoms with van der Waals surface area (Å²) in [6.45, 7) is 1.02. The maximum absolute atomic E-state index is 12.0. The fourth-order valence-electron chi connectivity index (χ4n) is 4.14. The molecule has 1 unspecified atom stereocenters. The maximum Gasteiger partial charge on any atom is 0.379 e. The number of aromatic hydroxyl groups is 2. The summed E-state index contributed by atoms with van der Waals surface area (Å²) in [5.74, 6) is 0.751. The number of carbonyl (C=O) groups is 1. The van der Waals surface area contributed by atoms with Gasteiger partial charge in [0, 0.05) is 0 Å². The summed E-state index contributed by atoms with van der Waals surface area (Å²) >= 11 is 0. The molecule has 0 fully saturated rings. The minimum absolute atomic E-state index is 0.0352. The van der Waals surface area contributed by atoms with Gasteiger partial charge < -0.3 is 33.9 Å². The summed E-state index contributed by atoms with van der Waals surface area (Å²) in [6, 6.07) is 22.4. The van der Waals surface area contributed by atoms with Crippen LogP contribution in [0.2, 0.25) is 0 Å². The van der Waals surface area contributed by atoms with Crippen molar-refractivity contribution in [3.63, 3.8) is 0 Å². The van der Waals surface area contributed by atoms with E-state index in [1.165, 1.54) is 24.5 Å². The number of hydrogen-bond acceptors (Lipinski definition) is 8. The Morgan fingerprint density at radius 3 is 2.02 bits per heavy atom. The fourth-order valence-corrected chi connectivity index (χ4v) is 4.14. The van der Waals surface area contributed by atoms with E-state index in [1.54, 1.807) is 24.3 Å². The molecule has 0 bridgehead atoms. The maximum atomic E-state index is 12.0. The van der Waals surface area contributed by atoms with Crippen molar-refractivity contribution in [2.24, 2.45) is 0 Å². The van der Waals surface area contributed by atoms with Crippen molar-refractivity contribution in [1.82, 2.24) is 0 Å². The molecule has 0 aliphatic heterocycles. The van der Waals surface area contributed by atoms with Gasteiger partial charge in [0.05, 0.1) is 25.0 Å². The highest BCUT2D eigenvalue weighted by Gasteiger charge is 2.14. The molecule has 0 spiro atoms. The van der Waals surface area contributed by atoms with Crippen LogP contribution in [0.4, 0.5) is 0 Å². The standard InChI is InChI=1S/C32H34O8/c33-25-13-18-29(34)28(22-25)31(35)39-20-6-4-2-1-3-5-19-37-26-14-9-23(10-15-26)24-11-16-27(17-12-24)40-32(36)30-8-7-21-38-30/h7-18,21-22,31,33-35H,1-6,19-20H2. The highest BCUT2D eigenvalue weighted by molar-refractivity contribution is 5.88. The first-order valence-corrected chi connectivity index (χ1v) is 13.4. The Morgan fingerprint density at radius 2 is 1.38 bits per heavy atom. The molecule has 210 valence electrons. The number of benzene rings is 3. The van der Waals surface area contributed by atoms with Gasteiger partial charge in [-0.25, -0.2) is 4.79 Å². The lowest BCUT2D eigenvalue weighted by Crippen LogP contribution is -2.06. The van der Waals surface area contributed by atoms with Gasteiger partial charge >= 0.3 is 5.97 Å². The van der Waals surface area contributed by atoms with Crippen molar-refractivity contribution in [2.75, 3.05) is 13.2 Å². The highest BCUT2D eigenvalue weighted by Crippen LogP contribution is 2.29. The monoisotopic (exact) mass is 546 g/mol.